The first kappa shape index (κ1) is 38.9. The highest BCUT2D eigenvalue weighted by Crippen LogP contribution is 2.44. The molecule has 10 heteroatoms. The monoisotopic (exact) mass is 860 g/mol. The van der Waals surface area contributed by atoms with Crippen molar-refractivity contribution >= 4 is 44.2 Å². The molecule has 66 heavy (non-hydrogen) atoms. The molecule has 0 amide bonds. The molecule has 2 aliphatic rings. The van der Waals surface area contributed by atoms with E-state index in [0.29, 0.717) is 11.5 Å². The molecule has 0 saturated carbocycles. The smallest absolute Gasteiger partial charge is 0.138 e. The number of anilines is 2. The van der Waals surface area contributed by atoms with Gasteiger partial charge in [-0.05, 0) is 95.1 Å². The Bertz CT molecular complexity index is 3270. The predicted octanol–water partition coefficient (Wildman–Crippen LogP) is 12.8. The minimum atomic E-state index is 0.711. The standard InChI is InChI=1S/C56H44N8O2/c1-59-27-29-61(37-59)43-15-9-17-45(33-43)65-47-19-21-49-51(35-47)63(53-31-41(23-25-57-53)39-11-5-3-6-12-39)56-50-22-20-48(66-46-18-10-16-44(34-46)62-30-28-60(2)38-62)36-52(50)64(55(49)56)54-32-42(24-26-58-54)40-13-7-4-8-14-40/h3-36H,37-38H2,1-2H3. The molecule has 6 aromatic carbocycles. The van der Waals surface area contributed by atoms with E-state index in [1.807, 2.05) is 48.8 Å². The number of ether oxygens (including phenoxy) is 2. The van der Waals surface area contributed by atoms with Gasteiger partial charge in [-0.1, -0.05) is 72.8 Å². The number of nitrogens with zero attached hydrogens (tertiary/aromatic N) is 8. The lowest BCUT2D eigenvalue weighted by Gasteiger charge is -2.19. The summed E-state index contributed by atoms with van der Waals surface area (Å²) in [4.78, 5) is 18.9. The highest BCUT2D eigenvalue weighted by molar-refractivity contribution is 6.20. The fourth-order valence-electron chi connectivity index (χ4n) is 9.16. The Labute approximate surface area is 382 Å². The SMILES string of the molecule is CN1C=CN(c2cccc(Oc3ccc4c(c3)n(-c3cc(-c5ccccc5)ccn3)c3c5ccc(Oc6cccc(N7C=CN(C)C7)c6)cc5n(-c5cc(-c6ccccc6)ccn5)c43)c2)C1. The number of aromatic nitrogens is 4. The Morgan fingerprint density at radius 3 is 1.26 bits per heavy atom. The number of rotatable bonds is 10. The van der Waals surface area contributed by atoms with Crippen molar-refractivity contribution in [1.82, 2.24) is 28.9 Å². The molecule has 0 saturated heterocycles. The summed E-state index contributed by atoms with van der Waals surface area (Å²) in [6.07, 6.45) is 12.1. The molecule has 0 atom stereocenters. The molecular formula is C56H44N8O2. The van der Waals surface area contributed by atoms with Crippen molar-refractivity contribution in [2.75, 3.05) is 37.2 Å². The molecule has 2 aliphatic heterocycles. The molecule has 0 fully saturated rings. The first-order valence-electron chi connectivity index (χ1n) is 22.0. The number of pyridine rings is 2. The number of hydrogen-bond acceptors (Lipinski definition) is 8. The van der Waals surface area contributed by atoms with E-state index >= 15 is 0 Å². The summed E-state index contributed by atoms with van der Waals surface area (Å²) in [5.41, 5.74) is 10.4. The summed E-state index contributed by atoms with van der Waals surface area (Å²) in [7, 11) is 4.13. The molecule has 10 nitrogen and oxygen atoms in total. The Morgan fingerprint density at radius 2 is 0.833 bits per heavy atom. The van der Waals surface area contributed by atoms with Crippen LogP contribution < -0.4 is 19.3 Å². The van der Waals surface area contributed by atoms with E-state index in [1.165, 1.54) is 0 Å². The zero-order valence-electron chi connectivity index (χ0n) is 36.4. The first-order chi connectivity index (χ1) is 32.5. The van der Waals surface area contributed by atoms with Gasteiger partial charge in [0.15, 0.2) is 0 Å². The highest BCUT2D eigenvalue weighted by atomic mass is 16.5. The Morgan fingerprint density at radius 1 is 0.394 bits per heavy atom. The maximum Gasteiger partial charge on any atom is 0.138 e. The summed E-state index contributed by atoms with van der Waals surface area (Å²) in [5.74, 6) is 4.49. The third kappa shape index (κ3) is 7.10. The van der Waals surface area contributed by atoms with Gasteiger partial charge in [0.1, 0.15) is 34.6 Å². The molecule has 4 aromatic heterocycles. The Hall–Kier alpha value is -8.76. The second kappa shape index (κ2) is 16.1. The third-order valence-electron chi connectivity index (χ3n) is 12.3. The lowest BCUT2D eigenvalue weighted by molar-refractivity contribution is 0.481. The minimum absolute atomic E-state index is 0.711. The largest absolute Gasteiger partial charge is 0.457 e. The molecule has 12 rings (SSSR count). The average Bonchev–Trinajstić information content (AvgIpc) is 4.15. The van der Waals surface area contributed by atoms with E-state index in [1.54, 1.807) is 0 Å². The average molecular weight is 861 g/mol. The van der Waals surface area contributed by atoms with Gasteiger partial charge < -0.3 is 29.1 Å². The van der Waals surface area contributed by atoms with Crippen LogP contribution in [0.3, 0.4) is 0 Å². The van der Waals surface area contributed by atoms with Gasteiger partial charge in [-0.15, -0.1) is 0 Å². The van der Waals surface area contributed by atoms with Crippen molar-refractivity contribution in [3.8, 4) is 56.9 Å². The fraction of sp³-hybridized carbons (Fsp3) is 0.0714. The number of hydrogen-bond donors (Lipinski definition) is 0. The topological polar surface area (TPSA) is 67.1 Å². The Kier molecular flexibility index (Phi) is 9.48. The molecule has 320 valence electrons. The van der Waals surface area contributed by atoms with Gasteiger partial charge in [-0.25, -0.2) is 9.97 Å². The second-order valence-electron chi connectivity index (χ2n) is 16.8. The van der Waals surface area contributed by atoms with Crippen LogP contribution in [-0.2, 0) is 0 Å². The molecular weight excluding hydrogens is 817 g/mol. The van der Waals surface area contributed by atoms with Gasteiger partial charge in [0.05, 0.1) is 35.4 Å². The van der Waals surface area contributed by atoms with E-state index in [2.05, 4.69) is 201 Å². The van der Waals surface area contributed by atoms with E-state index in [9.17, 15) is 0 Å². The third-order valence-corrected chi connectivity index (χ3v) is 12.3. The maximum absolute atomic E-state index is 6.71. The van der Waals surface area contributed by atoms with Crippen molar-refractivity contribution in [3.05, 3.63) is 207 Å². The van der Waals surface area contributed by atoms with Crippen molar-refractivity contribution in [2.24, 2.45) is 0 Å². The van der Waals surface area contributed by atoms with Crippen molar-refractivity contribution in [2.45, 2.75) is 0 Å². The van der Waals surface area contributed by atoms with Crippen LogP contribution >= 0.6 is 0 Å². The minimum Gasteiger partial charge on any atom is -0.457 e. The summed E-state index contributed by atoms with van der Waals surface area (Å²) < 4.78 is 18.0. The van der Waals surface area contributed by atoms with E-state index in [4.69, 9.17) is 19.4 Å². The van der Waals surface area contributed by atoms with E-state index in [-0.39, 0.29) is 0 Å². The van der Waals surface area contributed by atoms with Crippen LogP contribution in [0, 0.1) is 0 Å². The number of fused-ring (bicyclic) bond motifs is 5. The first-order valence-corrected chi connectivity index (χ1v) is 22.0. The summed E-state index contributed by atoms with van der Waals surface area (Å²) in [6.45, 7) is 1.56. The fourth-order valence-corrected chi connectivity index (χ4v) is 9.16. The quantitative estimate of drug-likeness (QED) is 0.135. The van der Waals surface area contributed by atoms with Gasteiger partial charge >= 0.3 is 0 Å². The maximum atomic E-state index is 6.71. The molecule has 0 spiro atoms. The second-order valence-corrected chi connectivity index (χ2v) is 16.8. The predicted molar refractivity (Wildman–Crippen MR) is 266 cm³/mol. The normalized spacial score (nSPS) is 13.5. The van der Waals surface area contributed by atoms with Crippen LogP contribution in [0.5, 0.6) is 23.0 Å². The van der Waals surface area contributed by atoms with Crippen molar-refractivity contribution in [3.63, 3.8) is 0 Å². The van der Waals surface area contributed by atoms with E-state index < -0.39 is 0 Å². The van der Waals surface area contributed by atoms with Crippen LogP contribution in [0.25, 0.3) is 66.7 Å². The van der Waals surface area contributed by atoms with Gasteiger partial charge in [0.25, 0.3) is 0 Å². The summed E-state index contributed by atoms with van der Waals surface area (Å²) in [5, 5.41) is 2.04. The number of benzene rings is 6. The van der Waals surface area contributed by atoms with Gasteiger partial charge in [-0.2, -0.15) is 0 Å². The van der Waals surface area contributed by atoms with Crippen LogP contribution in [0.4, 0.5) is 11.4 Å². The van der Waals surface area contributed by atoms with Crippen LogP contribution in [0.1, 0.15) is 0 Å². The van der Waals surface area contributed by atoms with Gasteiger partial charge in [0.2, 0.25) is 0 Å². The van der Waals surface area contributed by atoms with Crippen molar-refractivity contribution in [1.29, 1.82) is 0 Å². The molecule has 0 aliphatic carbocycles. The molecule has 6 heterocycles. The molecule has 0 unspecified atom stereocenters. The van der Waals surface area contributed by atoms with Crippen molar-refractivity contribution < 1.29 is 9.47 Å². The lowest BCUT2D eigenvalue weighted by Crippen LogP contribution is -2.21. The molecule has 0 bridgehead atoms. The molecule has 0 N–H and O–H groups in total. The van der Waals surface area contributed by atoms with Gasteiger partial charge in [0, 0.05) is 97.7 Å². The zero-order valence-corrected chi connectivity index (χ0v) is 36.4. The van der Waals surface area contributed by atoms with Crippen LogP contribution in [0.15, 0.2) is 207 Å². The van der Waals surface area contributed by atoms with E-state index in [0.717, 1.165) is 103 Å². The molecule has 10 aromatic rings. The zero-order chi connectivity index (χ0) is 44.1. The lowest BCUT2D eigenvalue weighted by atomic mass is 10.1. The Balaban J connectivity index is 1.07. The van der Waals surface area contributed by atoms with Gasteiger partial charge in [-0.3, -0.25) is 9.13 Å². The summed E-state index contributed by atoms with van der Waals surface area (Å²) >= 11 is 0. The molecule has 0 radical (unpaired) electrons. The highest BCUT2D eigenvalue weighted by Gasteiger charge is 2.25. The van der Waals surface area contributed by atoms with Crippen LogP contribution in [0.2, 0.25) is 0 Å². The van der Waals surface area contributed by atoms with Crippen LogP contribution in [-0.4, -0.2) is 56.3 Å². The summed E-state index contributed by atoms with van der Waals surface area (Å²) in [6, 6.07) is 58.5.